The van der Waals surface area contributed by atoms with Crippen molar-refractivity contribution >= 4 is 62.6 Å². The fourth-order valence-electron chi connectivity index (χ4n) is 5.65. The third kappa shape index (κ3) is 3.33. The third-order valence-electron chi connectivity index (χ3n) is 7.20. The maximum absolute atomic E-state index is 14.1. The van der Waals surface area contributed by atoms with Crippen molar-refractivity contribution < 1.29 is 19.1 Å². The van der Waals surface area contributed by atoms with E-state index in [-0.39, 0.29) is 17.6 Å². The van der Waals surface area contributed by atoms with Crippen LogP contribution < -0.4 is 14.5 Å². The lowest BCUT2D eigenvalue weighted by Gasteiger charge is -2.36. The average molecular weight is 564 g/mol. The molecule has 0 unspecified atom stereocenters. The molecular weight excluding hydrogens is 544 g/mol. The van der Waals surface area contributed by atoms with Crippen LogP contribution in [0.1, 0.15) is 15.9 Å². The molecule has 8 heteroatoms. The van der Waals surface area contributed by atoms with Crippen LogP contribution in [0.2, 0.25) is 5.02 Å². The Morgan fingerprint density at radius 1 is 0.972 bits per heavy atom. The topological polar surface area (TPSA) is 66.9 Å². The number of carbonyl (C=O) groups is 3. The SMILES string of the molecule is COc1ccc(C(=O)[C@H]2[C@@H]3C(=O)N(c4ccc(Cl)cc4)C(=O)[C@@H]3[C@H]3C=Cc4ccccc4N32)cc1Br. The molecule has 4 atom stereocenters. The summed E-state index contributed by atoms with van der Waals surface area (Å²) in [7, 11) is 1.55. The van der Waals surface area contributed by atoms with Gasteiger partial charge in [0.2, 0.25) is 11.8 Å². The quantitative estimate of drug-likeness (QED) is 0.315. The Hall–Kier alpha value is -3.42. The Morgan fingerprint density at radius 3 is 2.42 bits per heavy atom. The number of fused-ring (bicyclic) bond motifs is 5. The van der Waals surface area contributed by atoms with E-state index < -0.39 is 23.9 Å². The third-order valence-corrected chi connectivity index (χ3v) is 8.08. The normalized spacial score (nSPS) is 24.0. The summed E-state index contributed by atoms with van der Waals surface area (Å²) in [5.74, 6) is -1.83. The summed E-state index contributed by atoms with van der Waals surface area (Å²) < 4.78 is 5.95. The molecule has 0 spiro atoms. The molecule has 3 heterocycles. The van der Waals surface area contributed by atoms with Gasteiger partial charge in [-0.25, -0.2) is 4.90 Å². The van der Waals surface area contributed by atoms with Gasteiger partial charge in [-0.15, -0.1) is 0 Å². The van der Waals surface area contributed by atoms with E-state index >= 15 is 0 Å². The van der Waals surface area contributed by atoms with Gasteiger partial charge in [-0.2, -0.15) is 0 Å². The van der Waals surface area contributed by atoms with Crippen LogP contribution in [0.3, 0.4) is 0 Å². The summed E-state index contributed by atoms with van der Waals surface area (Å²) in [6.07, 6.45) is 3.90. The summed E-state index contributed by atoms with van der Waals surface area (Å²) in [6.45, 7) is 0. The summed E-state index contributed by atoms with van der Waals surface area (Å²) in [5, 5.41) is 0.508. The number of hydrogen-bond donors (Lipinski definition) is 0. The van der Waals surface area contributed by atoms with Gasteiger partial charge in [0, 0.05) is 16.3 Å². The standard InChI is InChI=1S/C28H20BrClN2O4/c1-36-22-13-7-16(14-19(22)29)26(33)25-24-23(21-12-6-15-4-2-3-5-20(15)32(21)25)27(34)31(28(24)35)18-10-8-17(30)9-11-18/h2-14,21,23-25H,1H3/t21-,23-,24-,25-/m1/s1. The number of amides is 2. The molecule has 36 heavy (non-hydrogen) atoms. The Labute approximate surface area is 221 Å². The van der Waals surface area contributed by atoms with Crippen LogP contribution in [0, 0.1) is 11.8 Å². The summed E-state index contributed by atoms with van der Waals surface area (Å²) >= 11 is 9.49. The van der Waals surface area contributed by atoms with Crippen molar-refractivity contribution in [2.45, 2.75) is 12.1 Å². The van der Waals surface area contributed by atoms with E-state index in [1.165, 1.54) is 4.90 Å². The highest BCUT2D eigenvalue weighted by Gasteiger charge is 2.64. The monoisotopic (exact) mass is 562 g/mol. The number of rotatable bonds is 4. The second-order valence-corrected chi connectivity index (χ2v) is 10.3. The lowest BCUT2D eigenvalue weighted by Crippen LogP contribution is -2.48. The molecule has 180 valence electrons. The van der Waals surface area contributed by atoms with Crippen LogP contribution >= 0.6 is 27.5 Å². The molecule has 3 aromatic carbocycles. The number of anilines is 2. The van der Waals surface area contributed by atoms with Gasteiger partial charge in [0.1, 0.15) is 11.8 Å². The molecule has 0 radical (unpaired) electrons. The summed E-state index contributed by atoms with van der Waals surface area (Å²) in [6, 6.07) is 18.2. The van der Waals surface area contributed by atoms with E-state index in [4.69, 9.17) is 16.3 Å². The van der Waals surface area contributed by atoms with Gasteiger partial charge in [0.15, 0.2) is 5.78 Å². The highest BCUT2D eigenvalue weighted by atomic mass is 79.9. The van der Waals surface area contributed by atoms with Crippen molar-refractivity contribution in [1.82, 2.24) is 0 Å². The minimum Gasteiger partial charge on any atom is -0.496 e. The van der Waals surface area contributed by atoms with Gasteiger partial charge in [-0.1, -0.05) is 42.0 Å². The zero-order valence-corrected chi connectivity index (χ0v) is 21.4. The van der Waals surface area contributed by atoms with Gasteiger partial charge >= 0.3 is 0 Å². The number of carbonyl (C=O) groups excluding carboxylic acids is 3. The first-order valence-corrected chi connectivity index (χ1v) is 12.6. The number of nitrogens with zero attached hydrogens (tertiary/aromatic N) is 2. The molecule has 3 aliphatic rings. The molecule has 3 aliphatic heterocycles. The zero-order chi connectivity index (χ0) is 25.1. The smallest absolute Gasteiger partial charge is 0.240 e. The predicted octanol–water partition coefficient (Wildman–Crippen LogP) is 5.38. The largest absolute Gasteiger partial charge is 0.496 e. The number of methoxy groups -OCH3 is 1. The van der Waals surface area contributed by atoms with Crippen LogP contribution in [-0.2, 0) is 9.59 Å². The number of para-hydroxylation sites is 1. The van der Waals surface area contributed by atoms with Crippen LogP contribution in [0.5, 0.6) is 5.75 Å². The molecule has 0 aliphatic carbocycles. The number of imide groups is 1. The van der Waals surface area contributed by atoms with Crippen molar-refractivity contribution in [1.29, 1.82) is 0 Å². The highest BCUT2D eigenvalue weighted by molar-refractivity contribution is 9.10. The van der Waals surface area contributed by atoms with Crippen molar-refractivity contribution in [3.8, 4) is 5.75 Å². The number of Topliss-reactive ketones (excluding diaryl/α,β-unsaturated/α-hetero) is 1. The van der Waals surface area contributed by atoms with E-state index in [1.54, 1.807) is 49.6 Å². The molecule has 2 amide bonds. The van der Waals surface area contributed by atoms with Gasteiger partial charge in [-0.3, -0.25) is 14.4 Å². The number of ether oxygens (including phenoxy) is 1. The lowest BCUT2D eigenvalue weighted by atomic mass is 9.86. The maximum atomic E-state index is 14.1. The Kier molecular flexibility index (Phi) is 5.50. The molecule has 0 N–H and O–H groups in total. The molecule has 0 bridgehead atoms. The molecule has 6 rings (SSSR count). The molecule has 0 saturated carbocycles. The van der Waals surface area contributed by atoms with Crippen LogP contribution in [0.4, 0.5) is 11.4 Å². The Morgan fingerprint density at radius 2 is 1.69 bits per heavy atom. The highest BCUT2D eigenvalue weighted by Crippen LogP contribution is 2.50. The minimum atomic E-state index is -0.847. The Balaban J connectivity index is 1.48. The predicted molar refractivity (Wildman–Crippen MR) is 141 cm³/mol. The van der Waals surface area contributed by atoms with Crippen molar-refractivity contribution in [2.24, 2.45) is 11.8 Å². The van der Waals surface area contributed by atoms with Crippen LogP contribution in [0.15, 0.2) is 77.3 Å². The van der Waals surface area contributed by atoms with Crippen molar-refractivity contribution in [3.63, 3.8) is 0 Å². The van der Waals surface area contributed by atoms with Crippen LogP contribution in [0.25, 0.3) is 6.08 Å². The lowest BCUT2D eigenvalue weighted by molar-refractivity contribution is -0.122. The first kappa shape index (κ1) is 23.0. The zero-order valence-electron chi connectivity index (χ0n) is 19.1. The van der Waals surface area contributed by atoms with Crippen molar-refractivity contribution in [3.05, 3.63) is 93.4 Å². The fraction of sp³-hybridized carbons (Fsp3) is 0.179. The van der Waals surface area contributed by atoms with E-state index in [2.05, 4.69) is 15.9 Å². The number of hydrogen-bond acceptors (Lipinski definition) is 5. The summed E-state index contributed by atoms with van der Waals surface area (Å²) in [5.41, 5.74) is 2.67. The minimum absolute atomic E-state index is 0.222. The fourth-order valence-corrected chi connectivity index (χ4v) is 6.32. The molecule has 6 nitrogen and oxygen atoms in total. The first-order valence-electron chi connectivity index (χ1n) is 11.5. The van der Waals surface area contributed by atoms with E-state index in [9.17, 15) is 14.4 Å². The first-order chi connectivity index (χ1) is 17.4. The molecule has 0 aromatic heterocycles. The van der Waals surface area contributed by atoms with E-state index in [0.717, 1.165) is 11.3 Å². The Bertz CT molecular complexity index is 1450. The summed E-state index contributed by atoms with van der Waals surface area (Å²) in [4.78, 5) is 44.9. The number of halogens is 2. The number of ketones is 1. The van der Waals surface area contributed by atoms with Crippen molar-refractivity contribution in [2.75, 3.05) is 16.9 Å². The molecular formula is C28H20BrClN2O4. The second-order valence-electron chi connectivity index (χ2n) is 9.01. The van der Waals surface area contributed by atoms with E-state index in [1.807, 2.05) is 41.3 Å². The number of benzene rings is 3. The average Bonchev–Trinajstić information content (AvgIpc) is 3.37. The van der Waals surface area contributed by atoms with Gasteiger partial charge in [0.05, 0.1) is 35.1 Å². The maximum Gasteiger partial charge on any atom is 0.240 e. The van der Waals surface area contributed by atoms with Gasteiger partial charge < -0.3 is 9.64 Å². The molecule has 2 fully saturated rings. The van der Waals surface area contributed by atoms with Crippen LogP contribution in [-0.4, -0.2) is 36.8 Å². The van der Waals surface area contributed by atoms with Gasteiger partial charge in [0.25, 0.3) is 0 Å². The second kappa shape index (κ2) is 8.61. The van der Waals surface area contributed by atoms with Gasteiger partial charge in [-0.05, 0) is 70.0 Å². The molecule has 2 saturated heterocycles. The van der Waals surface area contributed by atoms with E-state index in [0.29, 0.717) is 26.5 Å². The molecule has 3 aromatic rings.